The van der Waals surface area contributed by atoms with Crippen LogP contribution in [-0.4, -0.2) is 32.4 Å². The normalized spacial score (nSPS) is 15.8. The van der Waals surface area contributed by atoms with Crippen molar-refractivity contribution in [2.45, 2.75) is 33.3 Å². The maximum Gasteiger partial charge on any atom is 0.208 e. The highest BCUT2D eigenvalue weighted by molar-refractivity contribution is 7.88. The van der Waals surface area contributed by atoms with Gasteiger partial charge in [-0.1, -0.05) is 20.8 Å². The van der Waals surface area contributed by atoms with Gasteiger partial charge < -0.3 is 5.11 Å². The summed E-state index contributed by atoms with van der Waals surface area (Å²) in [5.74, 6) is 0. The molecule has 1 unspecified atom stereocenters. The first-order valence-electron chi connectivity index (χ1n) is 4.25. The molecular weight excluding hydrogens is 190 g/mol. The molecule has 2 N–H and O–H groups in total. The lowest BCUT2D eigenvalue weighted by atomic mass is 9.87. The summed E-state index contributed by atoms with van der Waals surface area (Å²) in [6.45, 7) is 6.03. The molecular formula is C8H19NO3S. The lowest BCUT2D eigenvalue weighted by molar-refractivity contribution is 0.0571. The third-order valence-corrected chi connectivity index (χ3v) is 2.51. The van der Waals surface area contributed by atoms with Crippen molar-refractivity contribution in [3.63, 3.8) is 0 Å². The van der Waals surface area contributed by atoms with Crippen LogP contribution in [0, 0.1) is 5.41 Å². The van der Waals surface area contributed by atoms with Crippen LogP contribution >= 0.6 is 0 Å². The van der Waals surface area contributed by atoms with Gasteiger partial charge in [0.05, 0.1) is 12.4 Å². The van der Waals surface area contributed by atoms with Gasteiger partial charge in [-0.3, -0.25) is 0 Å². The van der Waals surface area contributed by atoms with Gasteiger partial charge in [-0.25, -0.2) is 13.1 Å². The molecule has 0 aliphatic heterocycles. The maximum atomic E-state index is 10.7. The van der Waals surface area contributed by atoms with E-state index in [-0.39, 0.29) is 12.0 Å². The minimum Gasteiger partial charge on any atom is -0.393 e. The Bertz CT molecular complexity index is 241. The van der Waals surface area contributed by atoms with Crippen molar-refractivity contribution in [3.8, 4) is 0 Å². The summed E-state index contributed by atoms with van der Waals surface area (Å²) in [5.41, 5.74) is -0.195. The summed E-state index contributed by atoms with van der Waals surface area (Å²) < 4.78 is 23.7. The molecule has 4 nitrogen and oxygen atoms in total. The van der Waals surface area contributed by atoms with Crippen molar-refractivity contribution in [3.05, 3.63) is 0 Å². The Morgan fingerprint density at radius 1 is 1.38 bits per heavy atom. The standard InChI is InChI=1S/C8H19NO3S/c1-8(2,3)7(10)5-6-9-13(4,11)12/h7,9-10H,5-6H2,1-4H3. The second kappa shape index (κ2) is 4.39. The Labute approximate surface area is 80.4 Å². The Morgan fingerprint density at radius 2 is 1.85 bits per heavy atom. The summed E-state index contributed by atoms with van der Waals surface area (Å²) in [7, 11) is -3.13. The number of sulfonamides is 1. The molecule has 0 bridgehead atoms. The molecule has 0 aromatic heterocycles. The molecule has 0 rings (SSSR count). The van der Waals surface area contributed by atoms with Crippen molar-refractivity contribution < 1.29 is 13.5 Å². The molecule has 1 atom stereocenters. The van der Waals surface area contributed by atoms with Gasteiger partial charge in [0, 0.05) is 6.54 Å². The quantitative estimate of drug-likeness (QED) is 0.701. The highest BCUT2D eigenvalue weighted by Gasteiger charge is 2.21. The van der Waals surface area contributed by atoms with Crippen molar-refractivity contribution >= 4 is 10.0 Å². The van der Waals surface area contributed by atoms with Gasteiger partial charge in [0.15, 0.2) is 0 Å². The second-order valence-corrected chi connectivity index (χ2v) is 6.17. The Morgan fingerprint density at radius 3 is 2.15 bits per heavy atom. The Hall–Kier alpha value is -0.130. The van der Waals surface area contributed by atoms with Gasteiger partial charge >= 0.3 is 0 Å². The first-order valence-corrected chi connectivity index (χ1v) is 6.15. The van der Waals surface area contributed by atoms with E-state index in [0.29, 0.717) is 6.42 Å². The predicted molar refractivity (Wildman–Crippen MR) is 52.9 cm³/mol. The zero-order chi connectivity index (χ0) is 10.7. The highest BCUT2D eigenvalue weighted by atomic mass is 32.2. The molecule has 5 heteroatoms. The second-order valence-electron chi connectivity index (χ2n) is 4.34. The average Bonchev–Trinajstić information content (AvgIpc) is 1.82. The van der Waals surface area contributed by atoms with Crippen molar-refractivity contribution in [1.82, 2.24) is 4.72 Å². The minimum atomic E-state index is -3.13. The van der Waals surface area contributed by atoms with Crippen LogP contribution < -0.4 is 4.72 Å². The predicted octanol–water partition coefficient (Wildman–Crippen LogP) is 0.333. The molecule has 0 radical (unpaired) electrons. The molecule has 0 aromatic carbocycles. The van der Waals surface area contributed by atoms with E-state index in [1.54, 1.807) is 0 Å². The fraction of sp³-hybridized carbons (Fsp3) is 1.00. The maximum absolute atomic E-state index is 10.7. The van der Waals surface area contributed by atoms with Crippen LogP contribution in [0.2, 0.25) is 0 Å². The molecule has 0 saturated heterocycles. The molecule has 0 spiro atoms. The molecule has 0 aromatic rings. The fourth-order valence-electron chi connectivity index (χ4n) is 0.814. The number of hydrogen-bond donors (Lipinski definition) is 2. The average molecular weight is 209 g/mol. The SMILES string of the molecule is CC(C)(C)C(O)CCNS(C)(=O)=O. The van der Waals surface area contributed by atoms with Crippen molar-refractivity contribution in [2.24, 2.45) is 5.41 Å². The summed E-state index contributed by atoms with van der Waals surface area (Å²) in [4.78, 5) is 0. The molecule has 0 amide bonds. The van der Waals surface area contributed by atoms with Crippen LogP contribution in [0.4, 0.5) is 0 Å². The number of aliphatic hydroxyl groups excluding tert-OH is 1. The van der Waals surface area contributed by atoms with Crippen LogP contribution in [0.15, 0.2) is 0 Å². The van der Waals surface area contributed by atoms with E-state index >= 15 is 0 Å². The molecule has 0 heterocycles. The van der Waals surface area contributed by atoms with Crippen LogP contribution in [0.1, 0.15) is 27.2 Å². The van der Waals surface area contributed by atoms with E-state index in [1.165, 1.54) is 0 Å². The van der Waals surface area contributed by atoms with Gasteiger partial charge in [0.2, 0.25) is 10.0 Å². The Balaban J connectivity index is 3.80. The van der Waals surface area contributed by atoms with Gasteiger partial charge in [0.25, 0.3) is 0 Å². The fourth-order valence-corrected chi connectivity index (χ4v) is 1.30. The largest absolute Gasteiger partial charge is 0.393 e. The topological polar surface area (TPSA) is 66.4 Å². The van der Waals surface area contributed by atoms with E-state index in [4.69, 9.17) is 0 Å². The molecule has 0 aliphatic carbocycles. The molecule has 13 heavy (non-hydrogen) atoms. The summed E-state index contributed by atoms with van der Waals surface area (Å²) in [5, 5.41) is 9.55. The Kier molecular flexibility index (Phi) is 4.35. The van der Waals surface area contributed by atoms with Crippen LogP contribution in [0.5, 0.6) is 0 Å². The molecule has 0 fully saturated rings. The van der Waals surface area contributed by atoms with Crippen molar-refractivity contribution in [2.75, 3.05) is 12.8 Å². The highest BCUT2D eigenvalue weighted by Crippen LogP contribution is 2.20. The smallest absolute Gasteiger partial charge is 0.208 e. The summed E-state index contributed by atoms with van der Waals surface area (Å²) in [6.07, 6.45) is 1.06. The van der Waals surface area contributed by atoms with Crippen molar-refractivity contribution in [1.29, 1.82) is 0 Å². The van der Waals surface area contributed by atoms with E-state index in [9.17, 15) is 13.5 Å². The van der Waals surface area contributed by atoms with E-state index in [2.05, 4.69) is 4.72 Å². The van der Waals surface area contributed by atoms with E-state index in [1.807, 2.05) is 20.8 Å². The molecule has 0 saturated carbocycles. The summed E-state index contributed by atoms with van der Waals surface area (Å²) in [6, 6.07) is 0. The first kappa shape index (κ1) is 12.9. The zero-order valence-electron chi connectivity index (χ0n) is 8.66. The summed E-state index contributed by atoms with van der Waals surface area (Å²) >= 11 is 0. The van der Waals surface area contributed by atoms with Gasteiger partial charge in [0.1, 0.15) is 0 Å². The number of rotatable bonds is 4. The van der Waals surface area contributed by atoms with Gasteiger partial charge in [-0.2, -0.15) is 0 Å². The van der Waals surface area contributed by atoms with E-state index < -0.39 is 16.1 Å². The van der Waals surface area contributed by atoms with Gasteiger partial charge in [-0.15, -0.1) is 0 Å². The molecule has 0 aliphatic rings. The first-order chi connectivity index (χ1) is 5.63. The third kappa shape index (κ3) is 6.98. The lowest BCUT2D eigenvalue weighted by Gasteiger charge is -2.25. The number of hydrogen-bond acceptors (Lipinski definition) is 3. The van der Waals surface area contributed by atoms with E-state index in [0.717, 1.165) is 6.26 Å². The third-order valence-electron chi connectivity index (χ3n) is 1.78. The minimum absolute atomic E-state index is 0.195. The van der Waals surface area contributed by atoms with Crippen LogP contribution in [0.3, 0.4) is 0 Å². The lowest BCUT2D eigenvalue weighted by Crippen LogP contribution is -2.32. The van der Waals surface area contributed by atoms with Crippen LogP contribution in [0.25, 0.3) is 0 Å². The number of nitrogens with one attached hydrogen (secondary N) is 1. The zero-order valence-corrected chi connectivity index (χ0v) is 9.48. The number of aliphatic hydroxyl groups is 1. The molecule has 80 valence electrons. The monoisotopic (exact) mass is 209 g/mol. The van der Waals surface area contributed by atoms with Crippen LogP contribution in [-0.2, 0) is 10.0 Å². The van der Waals surface area contributed by atoms with Gasteiger partial charge in [-0.05, 0) is 11.8 Å².